The molecule has 0 aliphatic carbocycles. The van der Waals surface area contributed by atoms with Gasteiger partial charge in [-0.2, -0.15) is 9.41 Å². The molecule has 1 fully saturated rings. The first-order valence-corrected chi connectivity index (χ1v) is 10.1. The van der Waals surface area contributed by atoms with Gasteiger partial charge in [-0.1, -0.05) is 24.6 Å². The Morgan fingerprint density at radius 2 is 1.81 bits per heavy atom. The van der Waals surface area contributed by atoms with Crippen molar-refractivity contribution in [2.24, 2.45) is 5.10 Å². The molecule has 2 N–H and O–H groups in total. The second-order valence-electron chi connectivity index (χ2n) is 6.29. The van der Waals surface area contributed by atoms with E-state index in [1.54, 1.807) is 18.2 Å². The number of carbonyl (C=O) groups excluding carboxylic acids is 1. The Kier molecular flexibility index (Phi) is 5.88. The van der Waals surface area contributed by atoms with Gasteiger partial charge in [0, 0.05) is 18.7 Å². The molecule has 8 heteroatoms. The van der Waals surface area contributed by atoms with Crippen molar-refractivity contribution in [1.29, 1.82) is 0 Å². The summed E-state index contributed by atoms with van der Waals surface area (Å²) in [6, 6.07) is 12.4. The smallest absolute Gasteiger partial charge is 0.271 e. The second-order valence-corrected chi connectivity index (χ2v) is 8.22. The summed E-state index contributed by atoms with van der Waals surface area (Å²) in [6.07, 6.45) is 4.13. The lowest BCUT2D eigenvalue weighted by atomic mass is 10.2. The molecule has 0 saturated carbocycles. The number of rotatable bonds is 5. The SMILES string of the molecule is O=C(N/N=C\c1cccc(O)c1)c1cccc(S(=O)(=O)N2CCCCC2)c1. The Hall–Kier alpha value is -2.71. The van der Waals surface area contributed by atoms with E-state index >= 15 is 0 Å². The van der Waals surface area contributed by atoms with Crippen LogP contribution in [-0.2, 0) is 10.0 Å². The average Bonchev–Trinajstić information content (AvgIpc) is 2.69. The summed E-state index contributed by atoms with van der Waals surface area (Å²) in [5.74, 6) is -0.414. The third-order valence-electron chi connectivity index (χ3n) is 4.30. The van der Waals surface area contributed by atoms with Crippen LogP contribution in [0.5, 0.6) is 5.75 Å². The van der Waals surface area contributed by atoms with E-state index in [9.17, 15) is 18.3 Å². The van der Waals surface area contributed by atoms with Gasteiger partial charge in [-0.3, -0.25) is 4.79 Å². The molecule has 2 aromatic carbocycles. The largest absolute Gasteiger partial charge is 0.508 e. The van der Waals surface area contributed by atoms with Gasteiger partial charge in [-0.25, -0.2) is 13.8 Å². The minimum Gasteiger partial charge on any atom is -0.508 e. The lowest BCUT2D eigenvalue weighted by molar-refractivity contribution is 0.0955. The van der Waals surface area contributed by atoms with E-state index in [2.05, 4.69) is 10.5 Å². The third kappa shape index (κ3) is 4.72. The molecule has 1 heterocycles. The topological polar surface area (TPSA) is 99.1 Å². The maximum absolute atomic E-state index is 12.7. The average molecular weight is 387 g/mol. The standard InChI is InChI=1S/C19H21N3O4S/c23-17-8-4-6-15(12-17)14-20-21-19(24)16-7-5-9-18(13-16)27(25,26)22-10-2-1-3-11-22/h4-9,12-14,23H,1-3,10-11H2,(H,21,24)/b20-14-. The van der Waals surface area contributed by atoms with Gasteiger partial charge in [-0.05, 0) is 48.7 Å². The molecule has 0 unspecified atom stereocenters. The van der Waals surface area contributed by atoms with Crippen molar-refractivity contribution in [2.75, 3.05) is 13.1 Å². The summed E-state index contributed by atoms with van der Waals surface area (Å²) >= 11 is 0. The third-order valence-corrected chi connectivity index (χ3v) is 6.19. The van der Waals surface area contributed by atoms with Crippen molar-refractivity contribution in [3.05, 3.63) is 59.7 Å². The highest BCUT2D eigenvalue weighted by Crippen LogP contribution is 2.21. The van der Waals surface area contributed by atoms with Crippen LogP contribution in [0.3, 0.4) is 0 Å². The molecule has 1 saturated heterocycles. The number of sulfonamides is 1. The number of nitrogens with zero attached hydrogens (tertiary/aromatic N) is 2. The molecule has 0 bridgehead atoms. The molecule has 3 rings (SSSR count). The van der Waals surface area contributed by atoms with Gasteiger partial charge in [-0.15, -0.1) is 0 Å². The quantitative estimate of drug-likeness (QED) is 0.608. The molecule has 1 aliphatic heterocycles. The summed E-state index contributed by atoms with van der Waals surface area (Å²) in [7, 11) is -3.60. The fraction of sp³-hybridized carbons (Fsp3) is 0.263. The molecule has 1 aliphatic rings. The molecule has 142 valence electrons. The lowest BCUT2D eigenvalue weighted by Crippen LogP contribution is -2.35. The van der Waals surface area contributed by atoms with Gasteiger partial charge in [0.25, 0.3) is 5.91 Å². The second kappa shape index (κ2) is 8.32. The Bertz CT molecular complexity index is 951. The van der Waals surface area contributed by atoms with Gasteiger partial charge in [0.2, 0.25) is 10.0 Å². The van der Waals surface area contributed by atoms with E-state index in [-0.39, 0.29) is 16.2 Å². The zero-order chi connectivity index (χ0) is 19.3. The highest BCUT2D eigenvalue weighted by molar-refractivity contribution is 7.89. The van der Waals surface area contributed by atoms with Crippen LogP contribution in [0, 0.1) is 0 Å². The summed E-state index contributed by atoms with van der Waals surface area (Å²) in [6.45, 7) is 1.01. The first-order chi connectivity index (χ1) is 13.0. The van der Waals surface area contributed by atoms with Crippen LogP contribution in [0.2, 0.25) is 0 Å². The molecule has 1 amide bonds. The number of phenolic OH excluding ortho intramolecular Hbond substituents is 1. The van der Waals surface area contributed by atoms with Crippen LogP contribution in [0.1, 0.15) is 35.2 Å². The summed E-state index contributed by atoms with van der Waals surface area (Å²) in [5, 5.41) is 13.2. The summed E-state index contributed by atoms with van der Waals surface area (Å²) < 4.78 is 26.9. The molecule has 27 heavy (non-hydrogen) atoms. The van der Waals surface area contributed by atoms with E-state index < -0.39 is 15.9 Å². The number of amides is 1. The van der Waals surface area contributed by atoms with Crippen molar-refractivity contribution in [2.45, 2.75) is 24.2 Å². The maximum Gasteiger partial charge on any atom is 0.271 e. The highest BCUT2D eigenvalue weighted by Gasteiger charge is 2.26. The van der Waals surface area contributed by atoms with Crippen molar-refractivity contribution in [3.63, 3.8) is 0 Å². The number of hydrogen-bond acceptors (Lipinski definition) is 5. The van der Waals surface area contributed by atoms with Gasteiger partial charge in [0.1, 0.15) is 5.75 Å². The number of phenols is 1. The Balaban J connectivity index is 1.72. The number of aromatic hydroxyl groups is 1. The molecule has 0 aromatic heterocycles. The van der Waals surface area contributed by atoms with E-state index in [4.69, 9.17) is 0 Å². The first-order valence-electron chi connectivity index (χ1n) is 8.69. The zero-order valence-corrected chi connectivity index (χ0v) is 15.5. The number of piperidine rings is 1. The molecule has 0 atom stereocenters. The molecule has 0 radical (unpaired) electrons. The number of hydrogen-bond donors (Lipinski definition) is 2. The van der Waals surface area contributed by atoms with Gasteiger partial charge < -0.3 is 5.11 Å². The Morgan fingerprint density at radius 3 is 2.56 bits per heavy atom. The van der Waals surface area contributed by atoms with E-state index in [0.717, 1.165) is 19.3 Å². The maximum atomic E-state index is 12.7. The molecule has 0 spiro atoms. The van der Waals surface area contributed by atoms with Crippen LogP contribution >= 0.6 is 0 Å². The number of nitrogens with one attached hydrogen (secondary N) is 1. The molecule has 7 nitrogen and oxygen atoms in total. The van der Waals surface area contributed by atoms with Crippen LogP contribution < -0.4 is 5.43 Å². The fourth-order valence-electron chi connectivity index (χ4n) is 2.89. The normalized spacial score (nSPS) is 15.7. The number of benzene rings is 2. The van der Waals surface area contributed by atoms with Crippen LogP contribution in [0.4, 0.5) is 0 Å². The molecule has 2 aromatic rings. The summed E-state index contributed by atoms with van der Waals surface area (Å²) in [4.78, 5) is 12.4. The minimum atomic E-state index is -3.60. The number of hydrazone groups is 1. The van der Waals surface area contributed by atoms with Gasteiger partial charge >= 0.3 is 0 Å². The number of carbonyl (C=O) groups is 1. The summed E-state index contributed by atoms with van der Waals surface area (Å²) in [5.41, 5.74) is 3.20. The molecular formula is C19H21N3O4S. The lowest BCUT2D eigenvalue weighted by Gasteiger charge is -2.25. The first kappa shape index (κ1) is 19.1. The Labute approximate surface area is 158 Å². The van der Waals surface area contributed by atoms with Crippen molar-refractivity contribution >= 4 is 22.1 Å². The van der Waals surface area contributed by atoms with Gasteiger partial charge in [0.05, 0.1) is 11.1 Å². The van der Waals surface area contributed by atoms with Crippen molar-refractivity contribution in [3.8, 4) is 5.75 Å². The van der Waals surface area contributed by atoms with Crippen molar-refractivity contribution < 1.29 is 18.3 Å². The van der Waals surface area contributed by atoms with Crippen LogP contribution in [-0.4, -0.2) is 43.0 Å². The van der Waals surface area contributed by atoms with Crippen LogP contribution in [0.15, 0.2) is 58.5 Å². The van der Waals surface area contributed by atoms with E-state index in [1.807, 2.05) is 0 Å². The zero-order valence-electron chi connectivity index (χ0n) is 14.7. The highest BCUT2D eigenvalue weighted by atomic mass is 32.2. The fourth-order valence-corrected chi connectivity index (χ4v) is 4.45. The Morgan fingerprint density at radius 1 is 1.07 bits per heavy atom. The predicted molar refractivity (Wildman–Crippen MR) is 102 cm³/mol. The van der Waals surface area contributed by atoms with Crippen LogP contribution in [0.25, 0.3) is 0 Å². The van der Waals surface area contributed by atoms with E-state index in [0.29, 0.717) is 18.7 Å². The monoisotopic (exact) mass is 387 g/mol. The predicted octanol–water partition coefficient (Wildman–Crippen LogP) is 2.33. The van der Waals surface area contributed by atoms with Crippen molar-refractivity contribution in [1.82, 2.24) is 9.73 Å². The molecular weight excluding hydrogens is 366 g/mol. The minimum absolute atomic E-state index is 0.0981. The van der Waals surface area contributed by atoms with Gasteiger partial charge in [0.15, 0.2) is 0 Å². The van der Waals surface area contributed by atoms with E-state index in [1.165, 1.54) is 40.9 Å².